The SMILES string of the molecule is CCN(C)SNc1ccc(F)c(Oc2ccc3ncc(OC4CC5(CNC5)C4)nc3c2)c1C#N. The van der Waals surface area contributed by atoms with Gasteiger partial charge in [0.05, 0.1) is 22.9 Å². The summed E-state index contributed by atoms with van der Waals surface area (Å²) in [7, 11) is 1.91. The summed E-state index contributed by atoms with van der Waals surface area (Å²) in [5.74, 6) is 0.0568. The lowest BCUT2D eigenvalue weighted by molar-refractivity contribution is -0.0513. The molecule has 10 heteroatoms. The molecule has 0 atom stereocenters. The fourth-order valence-corrected chi connectivity index (χ4v) is 4.74. The van der Waals surface area contributed by atoms with Gasteiger partial charge in [-0.3, -0.25) is 0 Å². The first-order valence-electron chi connectivity index (χ1n) is 11.2. The number of nitriles is 1. The van der Waals surface area contributed by atoms with Crippen molar-refractivity contribution in [2.24, 2.45) is 5.41 Å². The number of hydrogen-bond donors (Lipinski definition) is 2. The van der Waals surface area contributed by atoms with Gasteiger partial charge in [0.25, 0.3) is 0 Å². The molecule has 8 nitrogen and oxygen atoms in total. The molecule has 1 spiro atoms. The summed E-state index contributed by atoms with van der Waals surface area (Å²) in [6.45, 7) is 4.92. The lowest BCUT2D eigenvalue weighted by atomic mass is 9.63. The van der Waals surface area contributed by atoms with Gasteiger partial charge in [-0.05, 0) is 44.2 Å². The van der Waals surface area contributed by atoms with E-state index in [9.17, 15) is 9.65 Å². The van der Waals surface area contributed by atoms with Crippen LogP contribution in [0.4, 0.5) is 10.1 Å². The van der Waals surface area contributed by atoms with Crippen molar-refractivity contribution in [3.8, 4) is 23.4 Å². The van der Waals surface area contributed by atoms with E-state index in [1.54, 1.807) is 24.4 Å². The summed E-state index contributed by atoms with van der Waals surface area (Å²) in [5, 5.41) is 13.0. The molecule has 2 fully saturated rings. The lowest BCUT2D eigenvalue weighted by Gasteiger charge is -2.53. The topological polar surface area (TPSA) is 95.3 Å². The monoisotopic (exact) mass is 480 g/mol. The number of benzene rings is 2. The smallest absolute Gasteiger partial charge is 0.233 e. The first-order valence-corrected chi connectivity index (χ1v) is 11.9. The number of hydrogen-bond acceptors (Lipinski definition) is 9. The van der Waals surface area contributed by atoms with Crippen molar-refractivity contribution in [3.05, 3.63) is 47.9 Å². The molecule has 0 bridgehead atoms. The van der Waals surface area contributed by atoms with Gasteiger partial charge in [0.1, 0.15) is 23.5 Å². The predicted molar refractivity (Wildman–Crippen MR) is 129 cm³/mol. The van der Waals surface area contributed by atoms with Gasteiger partial charge in [0, 0.05) is 43.2 Å². The van der Waals surface area contributed by atoms with E-state index < -0.39 is 5.82 Å². The average Bonchev–Trinajstić information content (AvgIpc) is 2.79. The number of anilines is 1. The molecule has 1 saturated carbocycles. The van der Waals surface area contributed by atoms with E-state index in [0.717, 1.165) is 32.5 Å². The Bertz CT molecular complexity index is 1250. The van der Waals surface area contributed by atoms with Crippen molar-refractivity contribution >= 4 is 28.9 Å². The lowest BCUT2D eigenvalue weighted by Crippen LogP contribution is -2.62. The highest BCUT2D eigenvalue weighted by Gasteiger charge is 2.49. The molecule has 5 rings (SSSR count). The minimum atomic E-state index is -0.622. The van der Waals surface area contributed by atoms with Gasteiger partial charge < -0.3 is 19.5 Å². The number of ether oxygens (including phenoxy) is 2. The zero-order valence-corrected chi connectivity index (χ0v) is 19.8. The van der Waals surface area contributed by atoms with Gasteiger partial charge in [-0.1, -0.05) is 6.92 Å². The highest BCUT2D eigenvalue weighted by atomic mass is 32.2. The van der Waals surface area contributed by atoms with Crippen molar-refractivity contribution in [2.75, 3.05) is 31.4 Å². The van der Waals surface area contributed by atoms with Crippen molar-refractivity contribution in [1.29, 1.82) is 5.26 Å². The third-order valence-electron chi connectivity index (χ3n) is 6.30. The van der Waals surface area contributed by atoms with Crippen LogP contribution in [0.5, 0.6) is 17.4 Å². The van der Waals surface area contributed by atoms with Crippen LogP contribution in [0.25, 0.3) is 11.0 Å². The molecule has 2 aromatic carbocycles. The maximum Gasteiger partial charge on any atom is 0.233 e. The highest BCUT2D eigenvalue weighted by Crippen LogP contribution is 2.45. The number of nitrogens with zero attached hydrogens (tertiary/aromatic N) is 4. The van der Waals surface area contributed by atoms with Crippen LogP contribution in [0.3, 0.4) is 0 Å². The Kier molecular flexibility index (Phi) is 6.16. The summed E-state index contributed by atoms with van der Waals surface area (Å²) < 4.78 is 31.5. The molecule has 2 heterocycles. The van der Waals surface area contributed by atoms with Crippen LogP contribution < -0.4 is 19.5 Å². The molecule has 0 radical (unpaired) electrons. The predicted octanol–water partition coefficient (Wildman–Crippen LogP) is 4.49. The van der Waals surface area contributed by atoms with E-state index in [-0.39, 0.29) is 17.4 Å². The molecule has 2 N–H and O–H groups in total. The van der Waals surface area contributed by atoms with Crippen molar-refractivity contribution < 1.29 is 13.9 Å². The summed E-state index contributed by atoms with van der Waals surface area (Å²) >= 11 is 1.32. The summed E-state index contributed by atoms with van der Waals surface area (Å²) in [4.78, 5) is 9.00. The van der Waals surface area contributed by atoms with Crippen molar-refractivity contribution in [3.63, 3.8) is 0 Å². The van der Waals surface area contributed by atoms with Crippen LogP contribution in [0, 0.1) is 22.6 Å². The number of halogens is 1. The molecular formula is C24H25FN6O2S. The quantitative estimate of drug-likeness (QED) is 0.452. The molecule has 3 aromatic rings. The van der Waals surface area contributed by atoms with E-state index >= 15 is 0 Å². The number of aromatic nitrogens is 2. The van der Waals surface area contributed by atoms with Gasteiger partial charge in [0.15, 0.2) is 11.6 Å². The zero-order valence-electron chi connectivity index (χ0n) is 19.0. The van der Waals surface area contributed by atoms with Crippen LogP contribution in [0.15, 0.2) is 36.5 Å². The summed E-state index contributed by atoms with van der Waals surface area (Å²) in [6, 6.07) is 9.96. The molecule has 1 aliphatic carbocycles. The second-order valence-corrected chi connectivity index (χ2v) is 9.77. The average molecular weight is 481 g/mol. The highest BCUT2D eigenvalue weighted by molar-refractivity contribution is 7.98. The Morgan fingerprint density at radius 2 is 2.12 bits per heavy atom. The van der Waals surface area contributed by atoms with Gasteiger partial charge in [-0.2, -0.15) is 5.26 Å². The van der Waals surface area contributed by atoms with Crippen molar-refractivity contribution in [2.45, 2.75) is 25.9 Å². The van der Waals surface area contributed by atoms with E-state index in [2.05, 4.69) is 26.1 Å². The first kappa shape index (κ1) is 22.7. The molecular weight excluding hydrogens is 455 g/mol. The minimum absolute atomic E-state index is 0.0877. The molecule has 2 aliphatic rings. The third-order valence-corrected chi connectivity index (χ3v) is 7.18. The van der Waals surface area contributed by atoms with Gasteiger partial charge >= 0.3 is 0 Å². The summed E-state index contributed by atoms with van der Waals surface area (Å²) in [5.41, 5.74) is 2.21. The second-order valence-electron chi connectivity index (χ2n) is 8.76. The Labute approximate surface area is 201 Å². The largest absolute Gasteiger partial charge is 0.473 e. The first-order chi connectivity index (χ1) is 16.5. The standard InChI is InChI=1S/C24H25FN6O2S/c1-3-31(2)34-30-19-7-5-18(25)23(17(19)11-26)33-15-4-6-20-21(8-15)29-22(12-28-20)32-16-9-24(10-16)13-27-14-24/h4-8,12,16,27,30H,3,9-10,13-14H2,1-2H3. The van der Waals surface area contributed by atoms with E-state index in [1.165, 1.54) is 24.3 Å². The fourth-order valence-electron chi connectivity index (χ4n) is 4.18. The maximum atomic E-state index is 14.7. The van der Waals surface area contributed by atoms with Crippen LogP contribution in [-0.2, 0) is 0 Å². The molecule has 0 amide bonds. The van der Waals surface area contributed by atoms with Gasteiger partial charge in [-0.15, -0.1) is 0 Å². The molecule has 34 heavy (non-hydrogen) atoms. The number of rotatable bonds is 8. The molecule has 1 aliphatic heterocycles. The molecule has 0 unspecified atom stereocenters. The Balaban J connectivity index is 1.35. The minimum Gasteiger partial charge on any atom is -0.473 e. The van der Waals surface area contributed by atoms with E-state index in [1.807, 2.05) is 18.3 Å². The van der Waals surface area contributed by atoms with E-state index in [0.29, 0.717) is 33.8 Å². The van der Waals surface area contributed by atoms with Crippen LogP contribution in [-0.4, -0.2) is 47.1 Å². The molecule has 176 valence electrons. The Morgan fingerprint density at radius 3 is 2.82 bits per heavy atom. The Morgan fingerprint density at radius 1 is 1.29 bits per heavy atom. The molecule has 1 saturated heterocycles. The summed E-state index contributed by atoms with van der Waals surface area (Å²) in [6.07, 6.45) is 3.83. The molecule has 1 aromatic heterocycles. The Hall–Kier alpha value is -3.13. The van der Waals surface area contributed by atoms with Crippen LogP contribution >= 0.6 is 12.1 Å². The van der Waals surface area contributed by atoms with Crippen LogP contribution in [0.2, 0.25) is 0 Å². The van der Waals surface area contributed by atoms with Crippen LogP contribution in [0.1, 0.15) is 25.3 Å². The van der Waals surface area contributed by atoms with Gasteiger partial charge in [-0.25, -0.2) is 18.7 Å². The number of fused-ring (bicyclic) bond motifs is 1. The van der Waals surface area contributed by atoms with Gasteiger partial charge in [0.2, 0.25) is 5.88 Å². The normalized spacial score (nSPS) is 16.7. The zero-order chi connectivity index (χ0) is 23.7. The second kappa shape index (κ2) is 9.25. The third kappa shape index (κ3) is 4.46. The number of nitrogens with one attached hydrogen (secondary N) is 2. The fraction of sp³-hybridized carbons (Fsp3) is 0.375. The maximum absolute atomic E-state index is 14.7. The van der Waals surface area contributed by atoms with E-state index in [4.69, 9.17) is 9.47 Å². The van der Waals surface area contributed by atoms with Crippen molar-refractivity contribution in [1.82, 2.24) is 19.6 Å².